The number of H-pyrrole nitrogens is 2. The first kappa shape index (κ1) is 15.8. The molecule has 1 amide bonds. The number of rotatable bonds is 2. The lowest BCUT2D eigenvalue weighted by Crippen LogP contribution is -2.28. The molecule has 26 heavy (non-hydrogen) atoms. The summed E-state index contributed by atoms with van der Waals surface area (Å²) in [5.41, 5.74) is 2.84. The van der Waals surface area contributed by atoms with E-state index in [0.29, 0.717) is 16.9 Å². The van der Waals surface area contributed by atoms with Gasteiger partial charge < -0.3 is 5.32 Å². The van der Waals surface area contributed by atoms with Gasteiger partial charge in [0.05, 0.1) is 22.5 Å². The number of hydrogen-bond acceptors (Lipinski definition) is 3. The molecule has 0 saturated carbocycles. The number of carbonyl (C=O) groups excluding carboxylic acids is 2. The fourth-order valence-electron chi connectivity index (χ4n) is 3.07. The maximum Gasteiger partial charge on any atom is 0.271 e. The summed E-state index contributed by atoms with van der Waals surface area (Å²) in [7, 11) is 0. The Morgan fingerprint density at radius 2 is 1.65 bits per heavy atom. The van der Waals surface area contributed by atoms with E-state index in [1.54, 1.807) is 12.1 Å². The van der Waals surface area contributed by atoms with Crippen molar-refractivity contribution < 1.29 is 9.59 Å². The zero-order chi connectivity index (χ0) is 18.3. The van der Waals surface area contributed by atoms with Crippen LogP contribution in [-0.2, 0) is 4.79 Å². The maximum atomic E-state index is 12.8. The van der Waals surface area contributed by atoms with Crippen LogP contribution in [0.15, 0.2) is 58.9 Å². The molecule has 1 aromatic heterocycles. The van der Waals surface area contributed by atoms with Crippen molar-refractivity contribution in [3.05, 3.63) is 81.1 Å². The number of carbonyl (C=O) groups is 2. The van der Waals surface area contributed by atoms with Gasteiger partial charge in [0.15, 0.2) is 0 Å². The molecule has 1 aliphatic rings. The molecule has 0 fully saturated rings. The van der Waals surface area contributed by atoms with E-state index in [0.717, 1.165) is 11.1 Å². The van der Waals surface area contributed by atoms with Crippen LogP contribution in [0, 0.1) is 6.92 Å². The highest BCUT2D eigenvalue weighted by atomic mass is 16.2. The van der Waals surface area contributed by atoms with Gasteiger partial charge in [0.2, 0.25) is 5.78 Å². The summed E-state index contributed by atoms with van der Waals surface area (Å²) >= 11 is 0. The highest BCUT2D eigenvalue weighted by Gasteiger charge is 2.30. The van der Waals surface area contributed by atoms with E-state index in [1.807, 2.05) is 43.3 Å². The van der Waals surface area contributed by atoms with Gasteiger partial charge in [-0.3, -0.25) is 24.6 Å². The van der Waals surface area contributed by atoms with Crippen LogP contribution in [0.3, 0.4) is 0 Å². The molecule has 1 aliphatic heterocycles. The Morgan fingerprint density at radius 1 is 0.885 bits per heavy atom. The number of benzene rings is 2. The van der Waals surface area contributed by atoms with Crippen molar-refractivity contribution in [3.8, 4) is 11.3 Å². The molecule has 2 aromatic carbocycles. The second kappa shape index (κ2) is 6.00. The molecule has 0 aliphatic carbocycles. The zero-order valence-corrected chi connectivity index (χ0v) is 13.9. The minimum absolute atomic E-state index is 0.0645. The van der Waals surface area contributed by atoms with Crippen LogP contribution in [-0.4, -0.2) is 21.9 Å². The number of anilines is 1. The van der Waals surface area contributed by atoms with E-state index >= 15 is 0 Å². The molecule has 2 heterocycles. The van der Waals surface area contributed by atoms with Crippen LogP contribution in [0.2, 0.25) is 0 Å². The van der Waals surface area contributed by atoms with Crippen molar-refractivity contribution in [2.75, 3.05) is 5.32 Å². The number of amides is 1. The van der Waals surface area contributed by atoms with Gasteiger partial charge in [-0.2, -0.15) is 0 Å². The number of hydrogen-bond donors (Lipinski definition) is 3. The molecule has 0 spiro atoms. The van der Waals surface area contributed by atoms with E-state index in [2.05, 4.69) is 15.5 Å². The third-order valence-corrected chi connectivity index (χ3v) is 4.41. The number of Topliss-reactive ketones (excluding diaryl/α,β-unsaturated/α-hetero) is 1. The van der Waals surface area contributed by atoms with Gasteiger partial charge in [-0.25, -0.2) is 0 Å². The molecule has 0 radical (unpaired) electrons. The number of aryl methyl sites for hydroxylation is 1. The molecule has 6 heteroatoms. The highest BCUT2D eigenvalue weighted by molar-refractivity contribution is 6.36. The number of ketones is 1. The van der Waals surface area contributed by atoms with Crippen molar-refractivity contribution in [2.24, 2.45) is 0 Å². The molecule has 4 rings (SSSR count). The summed E-state index contributed by atoms with van der Waals surface area (Å²) < 4.78 is 0. The Hall–Kier alpha value is -3.67. The molecule has 0 atom stereocenters. The number of aromatic nitrogens is 2. The van der Waals surface area contributed by atoms with Gasteiger partial charge in [-0.1, -0.05) is 42.5 Å². The highest BCUT2D eigenvalue weighted by Crippen LogP contribution is 2.30. The van der Waals surface area contributed by atoms with Crippen molar-refractivity contribution in [1.29, 1.82) is 0 Å². The summed E-state index contributed by atoms with van der Waals surface area (Å²) in [5, 5.41) is 8.08. The summed E-state index contributed by atoms with van der Waals surface area (Å²) in [6.45, 7) is 1.82. The second-order valence-corrected chi connectivity index (χ2v) is 6.07. The van der Waals surface area contributed by atoms with Crippen LogP contribution >= 0.6 is 0 Å². The molecule has 128 valence electrons. The second-order valence-electron chi connectivity index (χ2n) is 6.07. The number of aromatic amines is 2. The van der Waals surface area contributed by atoms with Crippen LogP contribution in [0.4, 0.5) is 5.69 Å². The third kappa shape index (κ3) is 2.48. The largest absolute Gasteiger partial charge is 0.321 e. The van der Waals surface area contributed by atoms with Gasteiger partial charge in [-0.15, -0.1) is 0 Å². The Kier molecular flexibility index (Phi) is 3.65. The average Bonchev–Trinajstić information content (AvgIpc) is 3.01. The maximum absolute atomic E-state index is 12.8. The Labute approximate surface area is 148 Å². The number of para-hydroxylation sites is 1. The molecule has 0 saturated heterocycles. The van der Waals surface area contributed by atoms with E-state index in [1.165, 1.54) is 6.08 Å². The molecular weight excluding hydrogens is 330 g/mol. The monoisotopic (exact) mass is 345 g/mol. The summed E-state index contributed by atoms with van der Waals surface area (Å²) in [4.78, 5) is 37.5. The molecular formula is C20H15N3O3. The summed E-state index contributed by atoms with van der Waals surface area (Å²) in [6.07, 6.45) is 1.35. The lowest BCUT2D eigenvalue weighted by Gasteiger charge is -2.19. The van der Waals surface area contributed by atoms with Gasteiger partial charge in [-0.05, 0) is 24.6 Å². The normalized spacial score (nSPS) is 15.0. The van der Waals surface area contributed by atoms with Crippen molar-refractivity contribution >= 4 is 23.5 Å². The first-order chi connectivity index (χ1) is 12.6. The quantitative estimate of drug-likeness (QED) is 0.492. The topological polar surface area (TPSA) is 94.8 Å². The van der Waals surface area contributed by atoms with Crippen LogP contribution in [0.5, 0.6) is 0 Å². The Bertz CT molecular complexity index is 1120. The van der Waals surface area contributed by atoms with E-state index < -0.39 is 17.2 Å². The fraction of sp³-hybridized carbons (Fsp3) is 0.0500. The van der Waals surface area contributed by atoms with Crippen LogP contribution in [0.25, 0.3) is 17.3 Å². The average molecular weight is 345 g/mol. The van der Waals surface area contributed by atoms with Crippen molar-refractivity contribution in [2.45, 2.75) is 6.92 Å². The van der Waals surface area contributed by atoms with Gasteiger partial charge in [0.1, 0.15) is 0 Å². The summed E-state index contributed by atoms with van der Waals surface area (Å²) in [6, 6.07) is 14.5. The van der Waals surface area contributed by atoms with E-state index in [9.17, 15) is 14.4 Å². The molecule has 3 aromatic rings. The fourth-order valence-corrected chi connectivity index (χ4v) is 3.07. The van der Waals surface area contributed by atoms with E-state index in [-0.39, 0.29) is 11.1 Å². The first-order valence-corrected chi connectivity index (χ1v) is 8.09. The molecule has 6 nitrogen and oxygen atoms in total. The third-order valence-electron chi connectivity index (χ3n) is 4.41. The number of nitrogens with one attached hydrogen (secondary N) is 3. The Morgan fingerprint density at radius 3 is 2.42 bits per heavy atom. The van der Waals surface area contributed by atoms with Crippen LogP contribution < -0.4 is 10.9 Å². The van der Waals surface area contributed by atoms with Gasteiger partial charge in [0.25, 0.3) is 11.5 Å². The van der Waals surface area contributed by atoms with Crippen LogP contribution in [0.1, 0.15) is 21.5 Å². The molecule has 0 unspecified atom stereocenters. The number of fused-ring (bicyclic) bond motifs is 1. The minimum atomic E-state index is -0.517. The SMILES string of the molecule is Cc1cccc2c1NC(=O)C(=Cc1c(-c3ccccc3)[nH][nH]c1=O)C2=O. The van der Waals surface area contributed by atoms with Crippen molar-refractivity contribution in [1.82, 2.24) is 10.2 Å². The lowest BCUT2D eigenvalue weighted by molar-refractivity contribution is -0.112. The molecule has 3 N–H and O–H groups in total. The zero-order valence-electron chi connectivity index (χ0n) is 13.9. The van der Waals surface area contributed by atoms with Gasteiger partial charge >= 0.3 is 0 Å². The molecule has 0 bridgehead atoms. The smallest absolute Gasteiger partial charge is 0.271 e. The standard InChI is InChI=1S/C20H15N3O3/c1-11-6-5-9-13-16(11)21-19(25)15(18(13)24)10-14-17(22-23-20(14)26)12-7-3-2-4-8-12/h2-10H,1H3,(H,21,25)(H2,22,23,26). The van der Waals surface area contributed by atoms with Crippen molar-refractivity contribution in [3.63, 3.8) is 0 Å². The van der Waals surface area contributed by atoms with Gasteiger partial charge in [0, 0.05) is 11.1 Å². The van der Waals surface area contributed by atoms with E-state index in [4.69, 9.17) is 0 Å². The lowest BCUT2D eigenvalue weighted by atomic mass is 9.93. The summed E-state index contributed by atoms with van der Waals surface area (Å²) in [5.74, 6) is -0.913. The minimum Gasteiger partial charge on any atom is -0.321 e. The Balaban J connectivity index is 1.86. The predicted octanol–water partition coefficient (Wildman–Crippen LogP) is 2.90. The predicted molar refractivity (Wildman–Crippen MR) is 99.0 cm³/mol. The first-order valence-electron chi connectivity index (χ1n) is 8.09.